The van der Waals surface area contributed by atoms with E-state index in [-0.39, 0.29) is 12.1 Å². The lowest BCUT2D eigenvalue weighted by atomic mass is 9.91. The van der Waals surface area contributed by atoms with Gasteiger partial charge in [0.05, 0.1) is 13.2 Å². The van der Waals surface area contributed by atoms with Crippen molar-refractivity contribution in [1.82, 2.24) is 10.2 Å². The van der Waals surface area contributed by atoms with Crippen LogP contribution in [0.2, 0.25) is 0 Å². The van der Waals surface area contributed by atoms with Gasteiger partial charge in [-0.15, -0.1) is 0 Å². The van der Waals surface area contributed by atoms with Crippen molar-refractivity contribution in [2.75, 3.05) is 40.0 Å². The van der Waals surface area contributed by atoms with E-state index in [1.54, 1.807) is 7.11 Å². The molecule has 0 aromatic heterocycles. The number of hydrogen-bond donors (Lipinski definition) is 2. The molecule has 1 unspecified atom stereocenters. The summed E-state index contributed by atoms with van der Waals surface area (Å²) in [7, 11) is 1.75. The zero-order valence-corrected chi connectivity index (χ0v) is 14.2. The van der Waals surface area contributed by atoms with Crippen LogP contribution in [0.15, 0.2) is 0 Å². The number of rotatable bonds is 13. The largest absolute Gasteiger partial charge is 0.394 e. The molecule has 0 saturated heterocycles. The number of nitrogens with zero attached hydrogens (tertiary/aromatic N) is 1. The molecule has 0 heterocycles. The summed E-state index contributed by atoms with van der Waals surface area (Å²) in [6.45, 7) is 12.8. The van der Waals surface area contributed by atoms with Gasteiger partial charge in [0.25, 0.3) is 0 Å². The summed E-state index contributed by atoms with van der Waals surface area (Å²) in [4.78, 5) is 2.45. The summed E-state index contributed by atoms with van der Waals surface area (Å²) in [5.41, 5.74) is -0.0973. The third kappa shape index (κ3) is 7.58. The van der Waals surface area contributed by atoms with E-state index in [9.17, 15) is 5.11 Å². The van der Waals surface area contributed by atoms with Crippen molar-refractivity contribution in [2.45, 2.75) is 65.0 Å². The van der Waals surface area contributed by atoms with Crippen LogP contribution >= 0.6 is 0 Å². The summed E-state index contributed by atoms with van der Waals surface area (Å²) >= 11 is 0. The second-order valence-electron chi connectivity index (χ2n) is 5.94. The minimum absolute atomic E-state index is 0.0973. The van der Waals surface area contributed by atoms with E-state index >= 15 is 0 Å². The van der Waals surface area contributed by atoms with E-state index < -0.39 is 0 Å². The van der Waals surface area contributed by atoms with Crippen LogP contribution in [0.25, 0.3) is 0 Å². The lowest BCUT2D eigenvalue weighted by molar-refractivity contribution is 0.114. The van der Waals surface area contributed by atoms with Crippen LogP contribution in [0, 0.1) is 0 Å². The molecule has 0 saturated carbocycles. The maximum atomic E-state index is 9.72. The molecular weight excluding hydrogens is 252 g/mol. The van der Waals surface area contributed by atoms with Crippen molar-refractivity contribution in [3.05, 3.63) is 0 Å². The maximum Gasteiger partial charge on any atom is 0.0613 e. The first-order chi connectivity index (χ1) is 9.55. The Morgan fingerprint density at radius 3 is 2.40 bits per heavy atom. The first-order valence-corrected chi connectivity index (χ1v) is 8.14. The van der Waals surface area contributed by atoms with Gasteiger partial charge in [-0.1, -0.05) is 13.8 Å². The molecule has 0 aliphatic heterocycles. The normalized spacial score (nSPS) is 15.0. The summed E-state index contributed by atoms with van der Waals surface area (Å²) in [5.74, 6) is 0. The number of aliphatic hydroxyl groups is 1. The molecule has 0 spiro atoms. The third-order valence-electron chi connectivity index (χ3n) is 4.14. The molecule has 4 heteroatoms. The first kappa shape index (κ1) is 19.8. The van der Waals surface area contributed by atoms with E-state index in [0.717, 1.165) is 51.9 Å². The van der Waals surface area contributed by atoms with Gasteiger partial charge in [0.15, 0.2) is 0 Å². The Labute approximate surface area is 125 Å². The molecule has 0 aliphatic rings. The zero-order chi connectivity index (χ0) is 15.4. The lowest BCUT2D eigenvalue weighted by Crippen LogP contribution is -2.49. The molecule has 0 bridgehead atoms. The lowest BCUT2D eigenvalue weighted by Gasteiger charge is -2.34. The predicted octanol–water partition coefficient (Wildman–Crippen LogP) is 2.26. The van der Waals surface area contributed by atoms with Crippen molar-refractivity contribution < 1.29 is 9.84 Å². The second-order valence-corrected chi connectivity index (χ2v) is 5.94. The molecule has 0 rings (SSSR count). The average molecular weight is 288 g/mol. The van der Waals surface area contributed by atoms with Crippen LogP contribution < -0.4 is 5.32 Å². The van der Waals surface area contributed by atoms with Crippen LogP contribution in [0.1, 0.15) is 53.4 Å². The van der Waals surface area contributed by atoms with E-state index in [1.165, 1.54) is 0 Å². The molecule has 2 N–H and O–H groups in total. The molecule has 0 radical (unpaired) electrons. The van der Waals surface area contributed by atoms with Crippen LogP contribution in [-0.2, 0) is 4.74 Å². The third-order valence-corrected chi connectivity index (χ3v) is 4.14. The SMILES string of the molecule is CCCNC(CC)(CO)CCCN(CCOC)C(C)C. The maximum absolute atomic E-state index is 9.72. The van der Waals surface area contributed by atoms with Gasteiger partial charge in [0, 0.05) is 25.2 Å². The van der Waals surface area contributed by atoms with Crippen molar-refractivity contribution >= 4 is 0 Å². The van der Waals surface area contributed by atoms with Gasteiger partial charge in [-0.25, -0.2) is 0 Å². The molecule has 0 aromatic rings. The Balaban J connectivity index is 4.24. The molecular formula is C16H36N2O2. The number of nitrogens with one attached hydrogen (secondary N) is 1. The molecule has 0 aliphatic carbocycles. The molecule has 122 valence electrons. The topological polar surface area (TPSA) is 44.7 Å². The fourth-order valence-electron chi connectivity index (χ4n) is 2.48. The summed E-state index contributed by atoms with van der Waals surface area (Å²) in [5, 5.41) is 13.3. The molecule has 0 amide bonds. The van der Waals surface area contributed by atoms with Crippen LogP contribution in [0.3, 0.4) is 0 Å². The number of ether oxygens (including phenoxy) is 1. The van der Waals surface area contributed by atoms with Crippen molar-refractivity contribution in [2.24, 2.45) is 0 Å². The number of methoxy groups -OCH3 is 1. The Hall–Kier alpha value is -0.160. The molecule has 0 fully saturated rings. The average Bonchev–Trinajstić information content (AvgIpc) is 2.46. The predicted molar refractivity (Wildman–Crippen MR) is 86.2 cm³/mol. The first-order valence-electron chi connectivity index (χ1n) is 8.14. The highest BCUT2D eigenvalue weighted by molar-refractivity contribution is 4.86. The van der Waals surface area contributed by atoms with Gasteiger partial charge in [0.2, 0.25) is 0 Å². The summed E-state index contributed by atoms with van der Waals surface area (Å²) in [6, 6.07) is 0.541. The number of aliphatic hydroxyl groups excluding tert-OH is 1. The highest BCUT2D eigenvalue weighted by atomic mass is 16.5. The highest BCUT2D eigenvalue weighted by Crippen LogP contribution is 2.18. The van der Waals surface area contributed by atoms with Gasteiger partial charge >= 0.3 is 0 Å². The standard InChI is InChI=1S/C16H36N2O2/c1-6-10-17-16(7-2,14-19)9-8-11-18(15(3)4)12-13-20-5/h15,17,19H,6-14H2,1-5H3. The molecule has 4 nitrogen and oxygen atoms in total. The van der Waals surface area contributed by atoms with E-state index in [1.807, 2.05) is 0 Å². The van der Waals surface area contributed by atoms with Gasteiger partial charge in [-0.2, -0.15) is 0 Å². The highest BCUT2D eigenvalue weighted by Gasteiger charge is 2.26. The van der Waals surface area contributed by atoms with Crippen molar-refractivity contribution in [1.29, 1.82) is 0 Å². The van der Waals surface area contributed by atoms with Crippen LogP contribution in [0.5, 0.6) is 0 Å². The van der Waals surface area contributed by atoms with Crippen LogP contribution in [0.4, 0.5) is 0 Å². The smallest absolute Gasteiger partial charge is 0.0613 e. The fraction of sp³-hybridized carbons (Fsp3) is 1.00. The van der Waals surface area contributed by atoms with Gasteiger partial charge in [0.1, 0.15) is 0 Å². The Morgan fingerprint density at radius 1 is 1.25 bits per heavy atom. The quantitative estimate of drug-likeness (QED) is 0.546. The Kier molecular flexibility index (Phi) is 11.4. The summed E-state index contributed by atoms with van der Waals surface area (Å²) in [6.07, 6.45) is 4.21. The zero-order valence-electron chi connectivity index (χ0n) is 14.2. The Morgan fingerprint density at radius 2 is 1.95 bits per heavy atom. The minimum Gasteiger partial charge on any atom is -0.394 e. The van der Waals surface area contributed by atoms with Crippen LogP contribution in [-0.4, -0.2) is 61.5 Å². The monoisotopic (exact) mass is 288 g/mol. The van der Waals surface area contributed by atoms with Crippen molar-refractivity contribution in [3.8, 4) is 0 Å². The van der Waals surface area contributed by atoms with Gasteiger partial charge in [-0.3, -0.25) is 4.90 Å². The fourth-order valence-corrected chi connectivity index (χ4v) is 2.48. The molecule has 0 aromatic carbocycles. The summed E-state index contributed by atoms with van der Waals surface area (Å²) < 4.78 is 5.17. The van der Waals surface area contributed by atoms with E-state index in [0.29, 0.717) is 6.04 Å². The minimum atomic E-state index is -0.0973. The van der Waals surface area contributed by atoms with Gasteiger partial charge < -0.3 is 15.2 Å². The molecule has 1 atom stereocenters. The number of hydrogen-bond acceptors (Lipinski definition) is 4. The molecule has 20 heavy (non-hydrogen) atoms. The van der Waals surface area contributed by atoms with E-state index in [2.05, 4.69) is 37.9 Å². The van der Waals surface area contributed by atoms with E-state index in [4.69, 9.17) is 4.74 Å². The second kappa shape index (κ2) is 11.5. The van der Waals surface area contributed by atoms with Gasteiger partial charge in [-0.05, 0) is 52.6 Å². The Bertz CT molecular complexity index is 219. The van der Waals surface area contributed by atoms with Crippen molar-refractivity contribution in [3.63, 3.8) is 0 Å².